The SMILES string of the molecule is CN(c1ccc(C(=O)C2CC2)cc1)c1ccc2c(c1)OCC[C@H]2CCc1cnccc1C(=O)O. The maximum atomic E-state index is 12.3. The topological polar surface area (TPSA) is 79.7 Å². The number of fused-ring (bicyclic) bond motifs is 1. The number of carboxylic acid groups (broad SMARTS) is 1. The molecule has 0 radical (unpaired) electrons. The van der Waals surface area contributed by atoms with Crippen LogP contribution in [-0.4, -0.2) is 35.5 Å². The molecule has 0 spiro atoms. The van der Waals surface area contributed by atoms with Gasteiger partial charge in [0.05, 0.1) is 12.2 Å². The number of hydrogen-bond acceptors (Lipinski definition) is 5. The summed E-state index contributed by atoms with van der Waals surface area (Å²) in [6, 6.07) is 15.7. The van der Waals surface area contributed by atoms with E-state index in [0.29, 0.717) is 24.5 Å². The Morgan fingerprint density at radius 2 is 1.82 bits per heavy atom. The van der Waals surface area contributed by atoms with Crippen LogP contribution >= 0.6 is 0 Å². The minimum absolute atomic E-state index is 0.225. The van der Waals surface area contributed by atoms with Crippen LogP contribution in [0.2, 0.25) is 0 Å². The largest absolute Gasteiger partial charge is 0.493 e. The number of aromatic nitrogens is 1. The highest BCUT2D eigenvalue weighted by molar-refractivity contribution is 5.99. The quantitative estimate of drug-likeness (QED) is 0.442. The third kappa shape index (κ3) is 4.53. The summed E-state index contributed by atoms with van der Waals surface area (Å²) in [5.41, 5.74) is 5.07. The summed E-state index contributed by atoms with van der Waals surface area (Å²) in [4.78, 5) is 30.0. The molecular formula is C28H28N2O4. The van der Waals surface area contributed by atoms with E-state index in [0.717, 1.165) is 59.5 Å². The highest BCUT2D eigenvalue weighted by Crippen LogP contribution is 2.40. The standard InChI is InChI=1S/C28H28N2O4/c1-30(22-8-6-20(7-9-22)27(31)19-3-4-19)23-10-11-24-18(13-15-34-26(24)16-23)2-5-21-17-29-14-12-25(21)28(32)33/h6-12,14,16-19H,2-5,13,15H2,1H3,(H,32,33)/t18-/m1/s1. The molecule has 6 nitrogen and oxygen atoms in total. The molecule has 0 saturated heterocycles. The number of carbonyl (C=O) groups is 2. The Morgan fingerprint density at radius 1 is 1.06 bits per heavy atom. The number of ether oxygens (including phenoxy) is 1. The molecule has 174 valence electrons. The van der Waals surface area contributed by atoms with Gasteiger partial charge in [0.2, 0.25) is 0 Å². The predicted octanol–water partition coefficient (Wildman–Crippen LogP) is 5.64. The van der Waals surface area contributed by atoms with Crippen molar-refractivity contribution in [3.8, 4) is 5.75 Å². The van der Waals surface area contributed by atoms with Crippen molar-refractivity contribution < 1.29 is 19.4 Å². The van der Waals surface area contributed by atoms with Crippen molar-refractivity contribution in [2.45, 2.75) is 38.0 Å². The Balaban J connectivity index is 1.30. The van der Waals surface area contributed by atoms with Crippen molar-refractivity contribution >= 4 is 23.1 Å². The number of benzene rings is 2. The molecule has 0 amide bonds. The molecule has 0 bridgehead atoms. The fourth-order valence-corrected chi connectivity index (χ4v) is 4.70. The van der Waals surface area contributed by atoms with Gasteiger partial charge >= 0.3 is 5.97 Å². The molecule has 1 saturated carbocycles. The first-order chi connectivity index (χ1) is 16.5. The van der Waals surface area contributed by atoms with Gasteiger partial charge in [-0.2, -0.15) is 0 Å². The smallest absolute Gasteiger partial charge is 0.336 e. The molecule has 1 aliphatic heterocycles. The summed E-state index contributed by atoms with van der Waals surface area (Å²) >= 11 is 0. The van der Waals surface area contributed by atoms with E-state index >= 15 is 0 Å². The average Bonchev–Trinajstić information content (AvgIpc) is 3.72. The van der Waals surface area contributed by atoms with Crippen LogP contribution in [0.4, 0.5) is 11.4 Å². The lowest BCUT2D eigenvalue weighted by Crippen LogP contribution is -2.17. The maximum Gasteiger partial charge on any atom is 0.336 e. The Morgan fingerprint density at radius 3 is 2.56 bits per heavy atom. The molecule has 1 aliphatic carbocycles. The van der Waals surface area contributed by atoms with Gasteiger partial charge in [-0.3, -0.25) is 9.78 Å². The first-order valence-corrected chi connectivity index (χ1v) is 11.8. The number of Topliss-reactive ketones (excluding diaryl/α,β-unsaturated/α-hetero) is 1. The fourth-order valence-electron chi connectivity index (χ4n) is 4.70. The van der Waals surface area contributed by atoms with Crippen LogP contribution in [-0.2, 0) is 6.42 Å². The number of anilines is 2. The molecule has 1 fully saturated rings. The molecule has 3 aromatic rings. The summed E-state index contributed by atoms with van der Waals surface area (Å²) in [5.74, 6) is 0.748. The molecule has 34 heavy (non-hydrogen) atoms. The van der Waals surface area contributed by atoms with E-state index in [1.807, 2.05) is 31.3 Å². The summed E-state index contributed by atoms with van der Waals surface area (Å²) < 4.78 is 6.00. The van der Waals surface area contributed by atoms with Crippen molar-refractivity contribution in [3.63, 3.8) is 0 Å². The van der Waals surface area contributed by atoms with E-state index in [1.165, 1.54) is 6.20 Å². The number of carboxylic acids is 1. The van der Waals surface area contributed by atoms with E-state index in [9.17, 15) is 14.7 Å². The maximum absolute atomic E-state index is 12.3. The highest BCUT2D eigenvalue weighted by Gasteiger charge is 2.30. The van der Waals surface area contributed by atoms with Gasteiger partial charge in [0.25, 0.3) is 0 Å². The average molecular weight is 457 g/mol. The van der Waals surface area contributed by atoms with Crippen LogP contribution in [0.25, 0.3) is 0 Å². The van der Waals surface area contributed by atoms with E-state index in [2.05, 4.69) is 28.1 Å². The summed E-state index contributed by atoms with van der Waals surface area (Å²) in [6.07, 6.45) is 7.61. The second-order valence-corrected chi connectivity index (χ2v) is 9.18. The van der Waals surface area contributed by atoms with Crippen molar-refractivity contribution in [1.82, 2.24) is 4.98 Å². The van der Waals surface area contributed by atoms with Gasteiger partial charge in [0.15, 0.2) is 5.78 Å². The van der Waals surface area contributed by atoms with E-state index in [-0.39, 0.29) is 11.7 Å². The fraction of sp³-hybridized carbons (Fsp3) is 0.321. The lowest BCUT2D eigenvalue weighted by atomic mass is 9.87. The van der Waals surface area contributed by atoms with Gasteiger partial charge in [0, 0.05) is 48.4 Å². The van der Waals surface area contributed by atoms with Gasteiger partial charge in [0.1, 0.15) is 5.75 Å². The molecule has 2 aromatic carbocycles. The Kier molecular flexibility index (Phi) is 6.05. The van der Waals surface area contributed by atoms with Gasteiger partial charge in [-0.25, -0.2) is 4.79 Å². The summed E-state index contributed by atoms with van der Waals surface area (Å²) in [5, 5.41) is 9.44. The lowest BCUT2D eigenvalue weighted by molar-refractivity contribution is 0.0695. The molecular weight excluding hydrogens is 428 g/mol. The lowest BCUT2D eigenvalue weighted by Gasteiger charge is -2.28. The monoisotopic (exact) mass is 456 g/mol. The van der Waals surface area contributed by atoms with Gasteiger partial charge in [-0.05, 0) is 85.5 Å². The number of hydrogen-bond donors (Lipinski definition) is 1. The van der Waals surface area contributed by atoms with E-state index in [1.54, 1.807) is 12.3 Å². The van der Waals surface area contributed by atoms with E-state index in [4.69, 9.17) is 4.74 Å². The molecule has 1 aromatic heterocycles. The molecule has 5 rings (SSSR count). The molecule has 1 atom stereocenters. The van der Waals surface area contributed by atoms with Crippen LogP contribution in [0, 0.1) is 5.92 Å². The zero-order valence-corrected chi connectivity index (χ0v) is 19.2. The molecule has 2 heterocycles. The number of aryl methyl sites for hydroxylation is 1. The van der Waals surface area contributed by atoms with Crippen LogP contribution in [0.1, 0.15) is 63.4 Å². The van der Waals surface area contributed by atoms with E-state index < -0.39 is 5.97 Å². The van der Waals surface area contributed by atoms with Crippen molar-refractivity contribution in [2.75, 3.05) is 18.6 Å². The van der Waals surface area contributed by atoms with Gasteiger partial charge < -0.3 is 14.7 Å². The highest BCUT2D eigenvalue weighted by atomic mass is 16.5. The third-order valence-corrected chi connectivity index (χ3v) is 6.93. The molecule has 0 unspecified atom stereocenters. The zero-order chi connectivity index (χ0) is 23.7. The summed E-state index contributed by atoms with van der Waals surface area (Å²) in [7, 11) is 2.01. The first kappa shape index (κ1) is 22.1. The number of ketones is 1. The van der Waals surface area contributed by atoms with Crippen LogP contribution < -0.4 is 9.64 Å². The second-order valence-electron chi connectivity index (χ2n) is 9.18. The van der Waals surface area contributed by atoms with Crippen molar-refractivity contribution in [3.05, 3.63) is 83.2 Å². The van der Waals surface area contributed by atoms with Crippen LogP contribution in [0.3, 0.4) is 0 Å². The zero-order valence-electron chi connectivity index (χ0n) is 19.2. The van der Waals surface area contributed by atoms with Crippen LogP contribution in [0.15, 0.2) is 60.9 Å². The first-order valence-electron chi connectivity index (χ1n) is 11.8. The van der Waals surface area contributed by atoms with Gasteiger partial charge in [-0.15, -0.1) is 0 Å². The predicted molar refractivity (Wildman–Crippen MR) is 130 cm³/mol. The Labute approximate surface area is 199 Å². The van der Waals surface area contributed by atoms with Crippen LogP contribution in [0.5, 0.6) is 5.75 Å². The number of rotatable bonds is 8. The Hall–Kier alpha value is -3.67. The third-order valence-electron chi connectivity index (χ3n) is 6.93. The van der Waals surface area contributed by atoms with Gasteiger partial charge in [-0.1, -0.05) is 6.07 Å². The van der Waals surface area contributed by atoms with Crippen molar-refractivity contribution in [1.29, 1.82) is 0 Å². The minimum atomic E-state index is -0.914. The Bertz CT molecular complexity index is 1220. The second kappa shape index (κ2) is 9.29. The summed E-state index contributed by atoms with van der Waals surface area (Å²) in [6.45, 7) is 0.641. The number of aromatic carboxylic acids is 1. The number of carbonyl (C=O) groups excluding carboxylic acids is 1. The normalized spacial score (nSPS) is 16.9. The minimum Gasteiger partial charge on any atom is -0.493 e. The molecule has 2 aliphatic rings. The number of nitrogens with zero attached hydrogens (tertiary/aromatic N) is 2. The molecule has 6 heteroatoms. The molecule has 1 N–H and O–H groups in total. The van der Waals surface area contributed by atoms with Crippen molar-refractivity contribution in [2.24, 2.45) is 5.92 Å². The number of pyridine rings is 1.